The minimum atomic E-state index is -0.502. The van der Waals surface area contributed by atoms with E-state index < -0.39 is 4.92 Å². The second-order valence-electron chi connectivity index (χ2n) is 4.64. The van der Waals surface area contributed by atoms with Crippen molar-refractivity contribution < 1.29 is 14.5 Å². The van der Waals surface area contributed by atoms with E-state index in [1.807, 2.05) is 6.92 Å². The van der Waals surface area contributed by atoms with E-state index in [9.17, 15) is 19.7 Å². The lowest BCUT2D eigenvalue weighted by molar-refractivity contribution is -0.384. The molecule has 3 N–H and O–H groups in total. The van der Waals surface area contributed by atoms with Gasteiger partial charge in [-0.2, -0.15) is 0 Å². The van der Waals surface area contributed by atoms with Gasteiger partial charge in [-0.15, -0.1) is 0 Å². The lowest BCUT2D eigenvalue weighted by Crippen LogP contribution is -2.24. The third-order valence-corrected chi connectivity index (χ3v) is 3.08. The Morgan fingerprint density at radius 2 is 2.24 bits per heavy atom. The van der Waals surface area contributed by atoms with Crippen LogP contribution in [0.15, 0.2) is 12.1 Å². The number of rotatable bonds is 6. The lowest BCUT2D eigenvalue weighted by atomic mass is 10.1. The van der Waals surface area contributed by atoms with Gasteiger partial charge in [0.1, 0.15) is 5.69 Å². The molecule has 1 aromatic carbocycles. The Morgan fingerprint density at radius 1 is 1.48 bits per heavy atom. The first-order valence-electron chi connectivity index (χ1n) is 6.63. The van der Waals surface area contributed by atoms with Crippen LogP contribution in [-0.4, -0.2) is 29.8 Å². The summed E-state index contributed by atoms with van der Waals surface area (Å²) in [6, 6.07) is 2.93. The van der Waals surface area contributed by atoms with E-state index in [-0.39, 0.29) is 36.9 Å². The number of anilines is 2. The van der Waals surface area contributed by atoms with Crippen LogP contribution in [0.5, 0.6) is 0 Å². The molecule has 2 amide bonds. The number of nitro groups is 1. The summed E-state index contributed by atoms with van der Waals surface area (Å²) in [5, 5.41) is 19.2. The number of nitrogens with zero attached hydrogens (tertiary/aromatic N) is 1. The largest absolute Gasteiger partial charge is 0.379 e. The predicted molar refractivity (Wildman–Crippen MR) is 77.2 cm³/mol. The first-order chi connectivity index (χ1) is 10.0. The van der Waals surface area contributed by atoms with Crippen LogP contribution >= 0.6 is 0 Å². The van der Waals surface area contributed by atoms with Gasteiger partial charge in [-0.25, -0.2) is 0 Å². The Morgan fingerprint density at radius 3 is 2.90 bits per heavy atom. The van der Waals surface area contributed by atoms with Crippen LogP contribution in [0.2, 0.25) is 0 Å². The molecule has 0 aromatic heterocycles. The van der Waals surface area contributed by atoms with Gasteiger partial charge in [0.25, 0.3) is 5.69 Å². The zero-order valence-corrected chi connectivity index (χ0v) is 11.6. The number of hydrogen-bond donors (Lipinski definition) is 3. The van der Waals surface area contributed by atoms with Gasteiger partial charge in [-0.05, 0) is 18.6 Å². The molecule has 8 nitrogen and oxygen atoms in total. The highest BCUT2D eigenvalue weighted by molar-refractivity contribution is 6.00. The van der Waals surface area contributed by atoms with Gasteiger partial charge in [0.15, 0.2) is 0 Å². The van der Waals surface area contributed by atoms with E-state index in [4.69, 9.17) is 0 Å². The maximum absolute atomic E-state index is 11.3. The van der Waals surface area contributed by atoms with Crippen molar-refractivity contribution in [1.29, 1.82) is 0 Å². The normalized spacial score (nSPS) is 12.5. The quantitative estimate of drug-likeness (QED) is 0.535. The molecular formula is C13H16N4O4. The van der Waals surface area contributed by atoms with E-state index in [0.717, 1.165) is 0 Å². The standard InChI is InChI=1S/C13H16N4O4/c1-2-14-12(18)3-4-15-10-7-9-8(6-13(19)16-9)5-11(10)17(20)21/h5,7,15H,2-4,6H2,1H3,(H,14,18)(H,16,19). The SMILES string of the molecule is CCNC(=O)CCNc1cc2c(cc1[N+](=O)[O-])CC(=O)N2. The summed E-state index contributed by atoms with van der Waals surface area (Å²) >= 11 is 0. The molecule has 1 heterocycles. The number of carbonyl (C=O) groups is 2. The Labute approximate surface area is 121 Å². The minimum absolute atomic E-state index is 0.0962. The number of carbonyl (C=O) groups excluding carboxylic acids is 2. The molecular weight excluding hydrogens is 276 g/mol. The summed E-state index contributed by atoms with van der Waals surface area (Å²) in [6.45, 7) is 2.64. The number of nitrogens with one attached hydrogen (secondary N) is 3. The van der Waals surface area contributed by atoms with Crippen molar-refractivity contribution in [2.45, 2.75) is 19.8 Å². The van der Waals surface area contributed by atoms with Crippen LogP contribution in [0.3, 0.4) is 0 Å². The van der Waals surface area contributed by atoms with Crippen molar-refractivity contribution in [2.75, 3.05) is 23.7 Å². The Bertz CT molecular complexity index is 600. The first kappa shape index (κ1) is 14.8. The zero-order chi connectivity index (χ0) is 15.4. The third-order valence-electron chi connectivity index (χ3n) is 3.08. The molecule has 1 aromatic rings. The fourth-order valence-electron chi connectivity index (χ4n) is 2.15. The lowest BCUT2D eigenvalue weighted by Gasteiger charge is -2.09. The van der Waals surface area contributed by atoms with Gasteiger partial charge >= 0.3 is 0 Å². The molecule has 21 heavy (non-hydrogen) atoms. The molecule has 0 saturated heterocycles. The van der Waals surface area contributed by atoms with Gasteiger partial charge in [-0.3, -0.25) is 19.7 Å². The molecule has 0 aliphatic carbocycles. The monoisotopic (exact) mass is 292 g/mol. The van der Waals surface area contributed by atoms with Crippen molar-refractivity contribution in [3.8, 4) is 0 Å². The van der Waals surface area contributed by atoms with Crippen LogP contribution in [0.4, 0.5) is 17.1 Å². The summed E-state index contributed by atoms with van der Waals surface area (Å²) < 4.78 is 0. The number of benzene rings is 1. The summed E-state index contributed by atoms with van der Waals surface area (Å²) in [7, 11) is 0. The van der Waals surface area contributed by atoms with E-state index in [1.54, 1.807) is 0 Å². The molecule has 1 aliphatic rings. The fraction of sp³-hybridized carbons (Fsp3) is 0.385. The van der Waals surface area contributed by atoms with Crippen molar-refractivity contribution in [3.05, 3.63) is 27.8 Å². The second-order valence-corrected chi connectivity index (χ2v) is 4.64. The summed E-state index contributed by atoms with van der Waals surface area (Å²) in [6.07, 6.45) is 0.365. The molecule has 0 spiro atoms. The fourth-order valence-corrected chi connectivity index (χ4v) is 2.15. The van der Waals surface area contributed by atoms with Crippen LogP contribution in [-0.2, 0) is 16.0 Å². The highest BCUT2D eigenvalue weighted by Gasteiger charge is 2.24. The molecule has 0 fully saturated rings. The third kappa shape index (κ3) is 3.47. The molecule has 2 rings (SSSR count). The van der Waals surface area contributed by atoms with Crippen LogP contribution in [0, 0.1) is 10.1 Å². The van der Waals surface area contributed by atoms with Gasteiger partial charge in [0.2, 0.25) is 11.8 Å². The smallest absolute Gasteiger partial charge is 0.292 e. The topological polar surface area (TPSA) is 113 Å². The zero-order valence-electron chi connectivity index (χ0n) is 11.6. The number of nitro benzene ring substituents is 1. The molecule has 1 aliphatic heterocycles. The van der Waals surface area contributed by atoms with Crippen LogP contribution < -0.4 is 16.0 Å². The van der Waals surface area contributed by atoms with Crippen molar-refractivity contribution in [3.63, 3.8) is 0 Å². The number of fused-ring (bicyclic) bond motifs is 1. The Hall–Kier alpha value is -2.64. The second kappa shape index (κ2) is 6.21. The van der Waals surface area contributed by atoms with E-state index >= 15 is 0 Å². The molecule has 0 radical (unpaired) electrons. The highest BCUT2D eigenvalue weighted by Crippen LogP contribution is 2.34. The molecule has 8 heteroatoms. The van der Waals surface area contributed by atoms with E-state index in [2.05, 4.69) is 16.0 Å². The average Bonchev–Trinajstić information content (AvgIpc) is 2.77. The van der Waals surface area contributed by atoms with Crippen molar-refractivity contribution >= 4 is 28.9 Å². The maximum atomic E-state index is 11.3. The molecule has 0 unspecified atom stereocenters. The van der Waals surface area contributed by atoms with Crippen molar-refractivity contribution in [1.82, 2.24) is 5.32 Å². The Balaban J connectivity index is 2.11. The van der Waals surface area contributed by atoms with E-state index in [0.29, 0.717) is 23.5 Å². The molecule has 0 saturated carbocycles. The summed E-state index contributed by atoms with van der Waals surface area (Å²) in [5.41, 5.74) is 1.39. The van der Waals surface area contributed by atoms with Crippen molar-refractivity contribution in [2.24, 2.45) is 0 Å². The van der Waals surface area contributed by atoms with Crippen LogP contribution in [0.25, 0.3) is 0 Å². The first-order valence-corrected chi connectivity index (χ1v) is 6.63. The average molecular weight is 292 g/mol. The highest BCUT2D eigenvalue weighted by atomic mass is 16.6. The van der Waals surface area contributed by atoms with Gasteiger partial charge in [0, 0.05) is 31.3 Å². The summed E-state index contributed by atoms with van der Waals surface area (Å²) in [5.74, 6) is -0.305. The van der Waals surface area contributed by atoms with Crippen LogP contribution in [0.1, 0.15) is 18.9 Å². The minimum Gasteiger partial charge on any atom is -0.379 e. The van der Waals surface area contributed by atoms with Gasteiger partial charge in [0.05, 0.1) is 11.3 Å². The number of hydrogen-bond acceptors (Lipinski definition) is 5. The Kier molecular flexibility index (Phi) is 4.36. The molecule has 0 atom stereocenters. The molecule has 112 valence electrons. The van der Waals surface area contributed by atoms with Gasteiger partial charge < -0.3 is 16.0 Å². The van der Waals surface area contributed by atoms with Gasteiger partial charge in [-0.1, -0.05) is 0 Å². The predicted octanol–water partition coefficient (Wildman–Crippen LogP) is 1.03. The van der Waals surface area contributed by atoms with E-state index in [1.165, 1.54) is 12.1 Å². The maximum Gasteiger partial charge on any atom is 0.292 e. The number of amides is 2. The summed E-state index contributed by atoms with van der Waals surface area (Å²) in [4.78, 5) is 33.2. The molecule has 0 bridgehead atoms.